The Labute approximate surface area is 117 Å². The SMILES string of the molecule is Cc1cnc(C(C)NC(=O)c2cc(F)c(F)c(F)c2)s1. The summed E-state index contributed by atoms with van der Waals surface area (Å²) in [6.45, 7) is 3.58. The molecule has 1 aromatic heterocycles. The maximum Gasteiger partial charge on any atom is 0.252 e. The quantitative estimate of drug-likeness (QED) is 0.883. The van der Waals surface area contributed by atoms with Crippen molar-refractivity contribution in [3.8, 4) is 0 Å². The number of hydrogen-bond donors (Lipinski definition) is 1. The number of hydrogen-bond acceptors (Lipinski definition) is 3. The molecule has 0 saturated carbocycles. The van der Waals surface area contributed by atoms with Crippen molar-refractivity contribution in [2.75, 3.05) is 0 Å². The van der Waals surface area contributed by atoms with E-state index in [1.165, 1.54) is 11.3 Å². The molecule has 20 heavy (non-hydrogen) atoms. The van der Waals surface area contributed by atoms with Gasteiger partial charge in [-0.3, -0.25) is 4.79 Å². The van der Waals surface area contributed by atoms with E-state index in [0.717, 1.165) is 4.88 Å². The topological polar surface area (TPSA) is 42.0 Å². The third kappa shape index (κ3) is 2.98. The van der Waals surface area contributed by atoms with Crippen LogP contribution in [0.5, 0.6) is 0 Å². The lowest BCUT2D eigenvalue weighted by molar-refractivity contribution is 0.0938. The third-order valence-corrected chi connectivity index (χ3v) is 3.70. The number of nitrogens with one attached hydrogen (secondary N) is 1. The second-order valence-corrected chi connectivity index (χ2v) is 5.52. The molecule has 0 aliphatic carbocycles. The number of thiazole rings is 1. The first-order valence-corrected chi connectivity index (χ1v) is 6.58. The number of benzene rings is 1. The van der Waals surface area contributed by atoms with Crippen molar-refractivity contribution in [2.45, 2.75) is 19.9 Å². The molecule has 0 bridgehead atoms. The summed E-state index contributed by atoms with van der Waals surface area (Å²) in [4.78, 5) is 17.0. The van der Waals surface area contributed by atoms with Crippen LogP contribution in [0.4, 0.5) is 13.2 Å². The fourth-order valence-electron chi connectivity index (χ4n) is 1.60. The van der Waals surface area contributed by atoms with Gasteiger partial charge in [0.25, 0.3) is 5.91 Å². The summed E-state index contributed by atoms with van der Waals surface area (Å²) < 4.78 is 38.9. The van der Waals surface area contributed by atoms with Crippen molar-refractivity contribution in [3.05, 3.63) is 51.2 Å². The monoisotopic (exact) mass is 300 g/mol. The minimum absolute atomic E-state index is 0.276. The van der Waals surface area contributed by atoms with E-state index in [0.29, 0.717) is 17.1 Å². The molecule has 1 aromatic carbocycles. The number of nitrogens with zero attached hydrogens (tertiary/aromatic N) is 1. The van der Waals surface area contributed by atoms with Gasteiger partial charge < -0.3 is 5.32 Å². The van der Waals surface area contributed by atoms with Gasteiger partial charge in [0.05, 0.1) is 6.04 Å². The van der Waals surface area contributed by atoms with Gasteiger partial charge in [0.2, 0.25) is 0 Å². The van der Waals surface area contributed by atoms with Gasteiger partial charge >= 0.3 is 0 Å². The maximum absolute atomic E-state index is 13.1. The van der Waals surface area contributed by atoms with Crippen LogP contribution in [0.15, 0.2) is 18.3 Å². The molecule has 7 heteroatoms. The van der Waals surface area contributed by atoms with Gasteiger partial charge in [-0.05, 0) is 26.0 Å². The van der Waals surface area contributed by atoms with Gasteiger partial charge in [-0.2, -0.15) is 0 Å². The van der Waals surface area contributed by atoms with Crippen molar-refractivity contribution >= 4 is 17.2 Å². The Kier molecular flexibility index (Phi) is 4.08. The largest absolute Gasteiger partial charge is 0.343 e. The highest BCUT2D eigenvalue weighted by molar-refractivity contribution is 7.11. The first-order chi connectivity index (χ1) is 9.38. The summed E-state index contributed by atoms with van der Waals surface area (Å²) in [6.07, 6.45) is 1.67. The number of carbonyl (C=O) groups excluding carboxylic acids is 1. The molecule has 0 fully saturated rings. The molecule has 106 valence electrons. The minimum Gasteiger partial charge on any atom is -0.343 e. The van der Waals surface area contributed by atoms with Crippen LogP contribution in [-0.2, 0) is 0 Å². The molecule has 1 N–H and O–H groups in total. The predicted molar refractivity (Wildman–Crippen MR) is 69.0 cm³/mol. The predicted octanol–water partition coefficient (Wildman–Crippen LogP) is 3.36. The smallest absolute Gasteiger partial charge is 0.252 e. The summed E-state index contributed by atoms with van der Waals surface area (Å²) >= 11 is 1.41. The molecule has 1 amide bonds. The van der Waals surface area contributed by atoms with E-state index < -0.39 is 29.4 Å². The van der Waals surface area contributed by atoms with Crippen LogP contribution in [0.1, 0.15) is 33.2 Å². The Hall–Kier alpha value is -1.89. The van der Waals surface area contributed by atoms with Gasteiger partial charge in [0, 0.05) is 16.6 Å². The lowest BCUT2D eigenvalue weighted by Crippen LogP contribution is -2.26. The molecule has 0 aliphatic rings. The van der Waals surface area contributed by atoms with Crippen molar-refractivity contribution in [1.29, 1.82) is 0 Å². The Morgan fingerprint density at radius 2 is 1.90 bits per heavy atom. The molecule has 2 rings (SSSR count). The Bertz CT molecular complexity index is 634. The van der Waals surface area contributed by atoms with Crippen molar-refractivity contribution < 1.29 is 18.0 Å². The lowest BCUT2D eigenvalue weighted by atomic mass is 10.2. The summed E-state index contributed by atoms with van der Waals surface area (Å²) in [5.41, 5.74) is -0.276. The summed E-state index contributed by atoms with van der Waals surface area (Å²) in [5.74, 6) is -5.07. The highest BCUT2D eigenvalue weighted by atomic mass is 32.1. The number of halogens is 3. The average Bonchev–Trinajstić information content (AvgIpc) is 2.82. The Balaban J connectivity index is 2.16. The molecule has 0 aliphatic heterocycles. The molecular weight excluding hydrogens is 289 g/mol. The van der Waals surface area contributed by atoms with Crippen LogP contribution in [-0.4, -0.2) is 10.9 Å². The van der Waals surface area contributed by atoms with E-state index in [4.69, 9.17) is 0 Å². The fraction of sp³-hybridized carbons (Fsp3) is 0.231. The first-order valence-electron chi connectivity index (χ1n) is 5.76. The van der Waals surface area contributed by atoms with Gasteiger partial charge in [-0.1, -0.05) is 0 Å². The lowest BCUT2D eigenvalue weighted by Gasteiger charge is -2.11. The average molecular weight is 300 g/mol. The highest BCUT2D eigenvalue weighted by Crippen LogP contribution is 2.20. The maximum atomic E-state index is 13.1. The molecular formula is C13H11F3N2OS. The van der Waals surface area contributed by atoms with E-state index in [1.54, 1.807) is 13.1 Å². The van der Waals surface area contributed by atoms with E-state index in [1.807, 2.05) is 6.92 Å². The van der Waals surface area contributed by atoms with Crippen LogP contribution < -0.4 is 5.32 Å². The zero-order valence-electron chi connectivity index (χ0n) is 10.7. The van der Waals surface area contributed by atoms with E-state index in [2.05, 4.69) is 10.3 Å². The van der Waals surface area contributed by atoms with E-state index >= 15 is 0 Å². The van der Waals surface area contributed by atoms with Crippen molar-refractivity contribution in [1.82, 2.24) is 10.3 Å². The summed E-state index contributed by atoms with van der Waals surface area (Å²) in [6, 6.07) is 0.915. The summed E-state index contributed by atoms with van der Waals surface area (Å²) in [7, 11) is 0. The molecule has 0 saturated heterocycles. The van der Waals surface area contributed by atoms with Crippen molar-refractivity contribution in [3.63, 3.8) is 0 Å². The summed E-state index contributed by atoms with van der Waals surface area (Å²) in [5, 5.41) is 3.23. The minimum atomic E-state index is -1.59. The van der Waals surface area contributed by atoms with Gasteiger partial charge in [-0.15, -0.1) is 11.3 Å². The second-order valence-electron chi connectivity index (χ2n) is 4.26. The van der Waals surface area contributed by atoms with E-state index in [9.17, 15) is 18.0 Å². The van der Waals surface area contributed by atoms with Crippen molar-refractivity contribution in [2.24, 2.45) is 0 Å². The molecule has 2 aromatic rings. The van der Waals surface area contributed by atoms with Crippen LogP contribution in [0, 0.1) is 24.4 Å². The molecule has 0 spiro atoms. The van der Waals surface area contributed by atoms with Gasteiger partial charge in [-0.25, -0.2) is 18.2 Å². The van der Waals surface area contributed by atoms with Crippen LogP contribution in [0.25, 0.3) is 0 Å². The van der Waals surface area contributed by atoms with Crippen LogP contribution in [0.3, 0.4) is 0 Å². The zero-order valence-corrected chi connectivity index (χ0v) is 11.5. The fourth-order valence-corrected chi connectivity index (χ4v) is 2.38. The molecule has 0 radical (unpaired) electrons. The van der Waals surface area contributed by atoms with Crippen LogP contribution >= 0.6 is 11.3 Å². The Morgan fingerprint density at radius 1 is 1.30 bits per heavy atom. The third-order valence-electron chi connectivity index (χ3n) is 2.60. The number of aryl methyl sites for hydroxylation is 1. The number of rotatable bonds is 3. The molecule has 1 heterocycles. The van der Waals surface area contributed by atoms with E-state index in [-0.39, 0.29) is 5.56 Å². The molecule has 3 nitrogen and oxygen atoms in total. The second kappa shape index (κ2) is 5.62. The number of amides is 1. The number of carbonyl (C=O) groups is 1. The van der Waals surface area contributed by atoms with Gasteiger partial charge in [0.15, 0.2) is 17.5 Å². The molecule has 1 unspecified atom stereocenters. The zero-order chi connectivity index (χ0) is 14.9. The normalized spacial score (nSPS) is 12.2. The standard InChI is InChI=1S/C13H11F3N2OS/c1-6-5-17-13(20-6)7(2)18-12(19)8-3-9(14)11(16)10(15)4-8/h3-5,7H,1-2H3,(H,18,19). The Morgan fingerprint density at radius 3 is 2.40 bits per heavy atom. The highest BCUT2D eigenvalue weighted by Gasteiger charge is 2.18. The number of aromatic nitrogens is 1. The molecule has 1 atom stereocenters. The first kappa shape index (κ1) is 14.5. The van der Waals surface area contributed by atoms with Gasteiger partial charge in [0.1, 0.15) is 5.01 Å². The van der Waals surface area contributed by atoms with Crippen LogP contribution in [0.2, 0.25) is 0 Å².